The lowest BCUT2D eigenvalue weighted by Crippen LogP contribution is -2.04. The third-order valence-electron chi connectivity index (χ3n) is 2.81. The molecule has 0 aromatic heterocycles. The molecule has 0 fully saturated rings. The van der Waals surface area contributed by atoms with E-state index in [1.807, 2.05) is 18.2 Å². The highest BCUT2D eigenvalue weighted by Crippen LogP contribution is 2.27. The Hall–Kier alpha value is -1.60. The lowest BCUT2D eigenvalue weighted by Gasteiger charge is -2.18. The Morgan fingerprint density at radius 2 is 1.50 bits per heavy atom. The van der Waals surface area contributed by atoms with E-state index in [2.05, 4.69) is 43.3 Å². The lowest BCUT2D eigenvalue weighted by molar-refractivity contribution is 0.136. The van der Waals surface area contributed by atoms with Gasteiger partial charge in [-0.3, -0.25) is 0 Å². The maximum atomic E-state index is 5.60. The molecule has 0 aliphatic carbocycles. The summed E-state index contributed by atoms with van der Waals surface area (Å²) in [4.78, 5) is 0. The first-order valence-electron chi connectivity index (χ1n) is 5.46. The number of benzene rings is 2. The van der Waals surface area contributed by atoms with Crippen LogP contribution in [0.3, 0.4) is 0 Å². The van der Waals surface area contributed by atoms with Gasteiger partial charge in [-0.25, -0.2) is 0 Å². The van der Waals surface area contributed by atoms with Crippen molar-refractivity contribution >= 4 is 0 Å². The molecule has 0 aliphatic heterocycles. The molecule has 2 aromatic rings. The molecular formula is C15H16O. The lowest BCUT2D eigenvalue weighted by atomic mass is 9.97. The molecule has 0 heterocycles. The molecule has 0 saturated carbocycles. The summed E-state index contributed by atoms with van der Waals surface area (Å²) in [6.45, 7) is 2.12. The van der Waals surface area contributed by atoms with Gasteiger partial charge < -0.3 is 4.74 Å². The van der Waals surface area contributed by atoms with Crippen LogP contribution in [0.15, 0.2) is 54.6 Å². The number of rotatable bonds is 3. The third-order valence-corrected chi connectivity index (χ3v) is 2.81. The van der Waals surface area contributed by atoms with Gasteiger partial charge in [0.05, 0.1) is 0 Å². The van der Waals surface area contributed by atoms with Crippen LogP contribution in [0.25, 0.3) is 0 Å². The fraction of sp³-hybridized carbons (Fsp3) is 0.200. The fourth-order valence-corrected chi connectivity index (χ4v) is 1.95. The van der Waals surface area contributed by atoms with Crippen LogP contribution in [0.4, 0.5) is 0 Å². The van der Waals surface area contributed by atoms with Crippen molar-refractivity contribution in [2.24, 2.45) is 0 Å². The summed E-state index contributed by atoms with van der Waals surface area (Å²) < 4.78 is 5.60. The van der Waals surface area contributed by atoms with Gasteiger partial charge in [-0.1, -0.05) is 54.6 Å². The molecule has 1 unspecified atom stereocenters. The first-order chi connectivity index (χ1) is 7.83. The molecule has 0 spiro atoms. The Bertz CT molecular complexity index is 448. The normalized spacial score (nSPS) is 12.4. The van der Waals surface area contributed by atoms with E-state index in [0.717, 1.165) is 0 Å². The average Bonchev–Trinajstić information content (AvgIpc) is 2.34. The largest absolute Gasteiger partial charge is 0.372 e. The quantitative estimate of drug-likeness (QED) is 0.753. The molecule has 0 saturated heterocycles. The average molecular weight is 212 g/mol. The minimum atomic E-state index is 0.0300. The Kier molecular flexibility index (Phi) is 3.37. The van der Waals surface area contributed by atoms with Crippen molar-refractivity contribution in [1.82, 2.24) is 0 Å². The Balaban J connectivity index is 2.41. The minimum absolute atomic E-state index is 0.0300. The predicted octanol–water partition coefficient (Wildman–Crippen LogP) is 3.73. The highest BCUT2D eigenvalue weighted by atomic mass is 16.5. The molecule has 2 rings (SSSR count). The number of methoxy groups -OCH3 is 1. The van der Waals surface area contributed by atoms with Crippen LogP contribution in [-0.4, -0.2) is 7.11 Å². The molecule has 0 aliphatic rings. The predicted molar refractivity (Wildman–Crippen MR) is 66.5 cm³/mol. The summed E-state index contributed by atoms with van der Waals surface area (Å²) in [7, 11) is 1.75. The van der Waals surface area contributed by atoms with E-state index in [4.69, 9.17) is 4.74 Å². The van der Waals surface area contributed by atoms with Crippen molar-refractivity contribution in [2.75, 3.05) is 7.11 Å². The Morgan fingerprint density at radius 3 is 2.12 bits per heavy atom. The summed E-state index contributed by atoms with van der Waals surface area (Å²) in [5.41, 5.74) is 3.69. The van der Waals surface area contributed by atoms with E-state index in [9.17, 15) is 0 Å². The molecule has 2 aromatic carbocycles. The SMILES string of the molecule is COC(c1ccccc1)c1ccccc1C. The van der Waals surface area contributed by atoms with Crippen LogP contribution < -0.4 is 0 Å². The Labute approximate surface area is 96.7 Å². The van der Waals surface area contributed by atoms with E-state index in [1.54, 1.807) is 7.11 Å². The van der Waals surface area contributed by atoms with Gasteiger partial charge in [0.15, 0.2) is 0 Å². The van der Waals surface area contributed by atoms with Gasteiger partial charge in [-0.15, -0.1) is 0 Å². The summed E-state index contributed by atoms with van der Waals surface area (Å²) in [5.74, 6) is 0. The van der Waals surface area contributed by atoms with E-state index < -0.39 is 0 Å². The first kappa shape index (κ1) is 10.9. The number of hydrogen-bond donors (Lipinski definition) is 0. The number of hydrogen-bond acceptors (Lipinski definition) is 1. The zero-order valence-electron chi connectivity index (χ0n) is 9.68. The van der Waals surface area contributed by atoms with Crippen LogP contribution >= 0.6 is 0 Å². The van der Waals surface area contributed by atoms with Gasteiger partial charge in [0.25, 0.3) is 0 Å². The summed E-state index contributed by atoms with van der Waals surface area (Å²) in [6, 6.07) is 18.6. The molecule has 0 N–H and O–H groups in total. The van der Waals surface area contributed by atoms with Gasteiger partial charge in [-0.2, -0.15) is 0 Å². The second kappa shape index (κ2) is 4.95. The van der Waals surface area contributed by atoms with Crippen LogP contribution in [0.5, 0.6) is 0 Å². The second-order valence-corrected chi connectivity index (χ2v) is 3.88. The fourth-order valence-electron chi connectivity index (χ4n) is 1.95. The molecule has 82 valence electrons. The third kappa shape index (κ3) is 2.15. The number of ether oxygens (including phenoxy) is 1. The summed E-state index contributed by atoms with van der Waals surface area (Å²) in [5, 5.41) is 0. The van der Waals surface area contributed by atoms with E-state index in [0.29, 0.717) is 0 Å². The van der Waals surface area contributed by atoms with Crippen molar-refractivity contribution < 1.29 is 4.74 Å². The molecule has 1 atom stereocenters. The van der Waals surface area contributed by atoms with Gasteiger partial charge in [-0.05, 0) is 23.6 Å². The van der Waals surface area contributed by atoms with Crippen LogP contribution in [0.2, 0.25) is 0 Å². The summed E-state index contributed by atoms with van der Waals surface area (Å²) in [6.07, 6.45) is 0.0300. The molecule has 0 radical (unpaired) electrons. The van der Waals surface area contributed by atoms with Crippen molar-refractivity contribution in [1.29, 1.82) is 0 Å². The summed E-state index contributed by atoms with van der Waals surface area (Å²) >= 11 is 0. The Morgan fingerprint density at radius 1 is 0.875 bits per heavy atom. The monoisotopic (exact) mass is 212 g/mol. The zero-order chi connectivity index (χ0) is 11.4. The smallest absolute Gasteiger partial charge is 0.107 e. The second-order valence-electron chi connectivity index (χ2n) is 3.88. The topological polar surface area (TPSA) is 9.23 Å². The molecule has 16 heavy (non-hydrogen) atoms. The highest BCUT2D eigenvalue weighted by molar-refractivity contribution is 5.35. The van der Waals surface area contributed by atoms with Crippen molar-refractivity contribution in [3.05, 3.63) is 71.3 Å². The van der Waals surface area contributed by atoms with Gasteiger partial charge in [0.2, 0.25) is 0 Å². The number of aryl methyl sites for hydroxylation is 1. The molecule has 1 nitrogen and oxygen atoms in total. The van der Waals surface area contributed by atoms with Crippen LogP contribution in [0, 0.1) is 6.92 Å². The molecule has 1 heteroatoms. The first-order valence-corrected chi connectivity index (χ1v) is 5.46. The van der Waals surface area contributed by atoms with Gasteiger partial charge in [0.1, 0.15) is 6.10 Å². The molecule has 0 amide bonds. The standard InChI is InChI=1S/C15H16O/c1-12-8-6-7-11-14(12)15(16-2)13-9-4-3-5-10-13/h3-11,15H,1-2H3. The minimum Gasteiger partial charge on any atom is -0.372 e. The highest BCUT2D eigenvalue weighted by Gasteiger charge is 2.14. The van der Waals surface area contributed by atoms with Gasteiger partial charge in [0, 0.05) is 7.11 Å². The molecule has 0 bridgehead atoms. The van der Waals surface area contributed by atoms with E-state index in [1.165, 1.54) is 16.7 Å². The zero-order valence-corrected chi connectivity index (χ0v) is 9.68. The van der Waals surface area contributed by atoms with Crippen molar-refractivity contribution in [3.63, 3.8) is 0 Å². The van der Waals surface area contributed by atoms with Crippen molar-refractivity contribution in [2.45, 2.75) is 13.0 Å². The van der Waals surface area contributed by atoms with Gasteiger partial charge >= 0.3 is 0 Å². The van der Waals surface area contributed by atoms with Crippen LogP contribution in [0.1, 0.15) is 22.8 Å². The maximum absolute atomic E-state index is 5.60. The maximum Gasteiger partial charge on any atom is 0.107 e. The van der Waals surface area contributed by atoms with Crippen LogP contribution in [-0.2, 0) is 4.74 Å². The van der Waals surface area contributed by atoms with Crippen molar-refractivity contribution in [3.8, 4) is 0 Å². The molecular weight excluding hydrogens is 196 g/mol. The van der Waals surface area contributed by atoms with E-state index >= 15 is 0 Å². The van der Waals surface area contributed by atoms with E-state index in [-0.39, 0.29) is 6.10 Å².